The van der Waals surface area contributed by atoms with E-state index in [0.29, 0.717) is 3.63 Å². The van der Waals surface area contributed by atoms with Crippen molar-refractivity contribution < 1.29 is 54.0 Å². The molecule has 0 aromatic heterocycles. The van der Waals surface area contributed by atoms with Crippen LogP contribution >= 0.6 is 0 Å². The van der Waals surface area contributed by atoms with Crippen molar-refractivity contribution in [3.05, 3.63) is 64.3 Å². The predicted octanol–water partition coefficient (Wildman–Crippen LogP) is -0.432. The Morgan fingerprint density at radius 2 is 1.88 bits per heavy atom. The molecule has 25 heavy (non-hydrogen) atoms. The molecule has 0 saturated carbocycles. The summed E-state index contributed by atoms with van der Waals surface area (Å²) in [6, 6.07) is 8.87. The van der Waals surface area contributed by atoms with Crippen LogP contribution in [0.1, 0.15) is 34.0 Å². The fourth-order valence-electron chi connectivity index (χ4n) is 3.31. The first-order valence-corrected chi connectivity index (χ1v) is 13.3. The molecule has 1 unspecified atom stereocenters. The molecule has 0 fully saturated rings. The summed E-state index contributed by atoms with van der Waals surface area (Å²) in [5.41, 5.74) is 7.62. The number of hydrogen-bond donors (Lipinski definition) is 0. The Labute approximate surface area is 180 Å². The van der Waals surface area contributed by atoms with Crippen LogP contribution in [0.3, 0.4) is 0 Å². The molecule has 2 aliphatic rings. The van der Waals surface area contributed by atoms with Crippen LogP contribution in [0.4, 0.5) is 0 Å². The first-order chi connectivity index (χ1) is 11.0. The van der Waals surface area contributed by atoms with Gasteiger partial charge in [-0.2, -0.15) is 0 Å². The van der Waals surface area contributed by atoms with Gasteiger partial charge in [0.2, 0.25) is 0 Å². The SMILES string of the molecule is C[Si](C)(C)OCCCC1=C(C2=Cc3ccccc3[CH]2[Zr+2])CC=C1.[Cl-].[Cl-]. The minimum atomic E-state index is -1.37. The Balaban J connectivity index is 0.00000156. The summed E-state index contributed by atoms with van der Waals surface area (Å²) >= 11 is 1.59. The van der Waals surface area contributed by atoms with Gasteiger partial charge in [0.25, 0.3) is 0 Å². The fraction of sp³-hybridized carbons (Fsp3) is 0.400. The van der Waals surface area contributed by atoms with Gasteiger partial charge in [-0.15, -0.1) is 0 Å². The van der Waals surface area contributed by atoms with Crippen molar-refractivity contribution in [1.29, 1.82) is 0 Å². The van der Waals surface area contributed by atoms with Crippen LogP contribution in [-0.2, 0) is 29.1 Å². The van der Waals surface area contributed by atoms with E-state index in [1.165, 1.54) is 16.7 Å². The van der Waals surface area contributed by atoms with Crippen molar-refractivity contribution >= 4 is 14.4 Å². The van der Waals surface area contributed by atoms with Crippen LogP contribution < -0.4 is 24.8 Å². The summed E-state index contributed by atoms with van der Waals surface area (Å²) in [6.45, 7) is 7.69. The van der Waals surface area contributed by atoms with E-state index >= 15 is 0 Å². The zero-order chi connectivity index (χ0) is 16.4. The zero-order valence-electron chi connectivity index (χ0n) is 15.1. The molecule has 0 radical (unpaired) electrons. The average Bonchev–Trinajstić information content (AvgIpc) is 3.08. The summed E-state index contributed by atoms with van der Waals surface area (Å²) in [6.07, 6.45) is 10.5. The first kappa shape index (κ1) is 23.1. The predicted molar refractivity (Wildman–Crippen MR) is 96.5 cm³/mol. The molecule has 0 spiro atoms. The second-order valence-corrected chi connectivity index (χ2v) is 13.3. The maximum Gasteiger partial charge on any atom is -1.00 e. The Morgan fingerprint density at radius 3 is 2.56 bits per heavy atom. The fourth-order valence-corrected chi connectivity index (χ4v) is 5.35. The van der Waals surface area contributed by atoms with Crippen LogP contribution in [0.15, 0.2) is 53.1 Å². The molecule has 0 N–H and O–H groups in total. The average molecular weight is 472 g/mol. The van der Waals surface area contributed by atoms with Gasteiger partial charge in [-0.05, 0) is 0 Å². The summed E-state index contributed by atoms with van der Waals surface area (Å²) in [4.78, 5) is 0. The van der Waals surface area contributed by atoms with Gasteiger partial charge in [-0.25, -0.2) is 0 Å². The van der Waals surface area contributed by atoms with Crippen LogP contribution in [-0.4, -0.2) is 14.9 Å². The second kappa shape index (κ2) is 9.85. The molecule has 3 rings (SSSR count). The number of fused-ring (bicyclic) bond motifs is 1. The minimum Gasteiger partial charge on any atom is -1.00 e. The molecule has 1 aromatic carbocycles. The van der Waals surface area contributed by atoms with Crippen molar-refractivity contribution in [3.8, 4) is 0 Å². The number of allylic oxidation sites excluding steroid dienone is 5. The molecule has 0 aliphatic heterocycles. The summed E-state index contributed by atoms with van der Waals surface area (Å²) in [7, 11) is -1.37. The Kier molecular flexibility index (Phi) is 9.11. The van der Waals surface area contributed by atoms with Crippen LogP contribution in [0, 0.1) is 0 Å². The summed E-state index contributed by atoms with van der Waals surface area (Å²) < 4.78 is 6.62. The maximum absolute atomic E-state index is 6.00. The molecular weight excluding hydrogens is 446 g/mol. The third-order valence-electron chi connectivity index (χ3n) is 4.43. The Bertz CT molecular complexity index is 689. The van der Waals surface area contributed by atoms with E-state index in [0.717, 1.165) is 25.9 Å². The monoisotopic (exact) mass is 469 g/mol. The summed E-state index contributed by atoms with van der Waals surface area (Å²) in [5, 5.41) is 0. The van der Waals surface area contributed by atoms with Crippen molar-refractivity contribution in [2.24, 2.45) is 0 Å². The molecule has 1 atom stereocenters. The minimum absolute atomic E-state index is 0. The smallest absolute Gasteiger partial charge is 1.00 e. The maximum atomic E-state index is 6.00. The van der Waals surface area contributed by atoms with E-state index in [2.05, 4.69) is 62.1 Å². The molecule has 0 saturated heterocycles. The van der Waals surface area contributed by atoms with E-state index in [1.807, 2.05) is 0 Å². The van der Waals surface area contributed by atoms with Crippen molar-refractivity contribution in [2.45, 2.75) is 42.5 Å². The van der Waals surface area contributed by atoms with E-state index in [4.69, 9.17) is 4.43 Å². The van der Waals surface area contributed by atoms with Gasteiger partial charge in [0.1, 0.15) is 0 Å². The molecule has 0 amide bonds. The third-order valence-corrected chi connectivity index (χ3v) is 7.03. The number of halogens is 2. The Hall–Kier alpha value is 0.0800. The molecule has 1 aromatic rings. The molecular formula is C20H25Cl2OSiZr. The number of hydrogen-bond acceptors (Lipinski definition) is 1. The van der Waals surface area contributed by atoms with Gasteiger partial charge in [-0.1, -0.05) is 0 Å². The topological polar surface area (TPSA) is 9.23 Å². The van der Waals surface area contributed by atoms with E-state index < -0.39 is 8.32 Å². The van der Waals surface area contributed by atoms with Gasteiger partial charge in [0.15, 0.2) is 0 Å². The largest absolute Gasteiger partial charge is 1.00 e. The first-order valence-electron chi connectivity index (χ1n) is 8.50. The van der Waals surface area contributed by atoms with Gasteiger partial charge in [-0.3, -0.25) is 0 Å². The molecule has 133 valence electrons. The standard InChI is InChI=1S/C20H25OSi.2ClH.Zr/c1-22(2,3)21-13-7-11-16-10-6-12-20(16)19-14-17-8-4-5-9-18(17)15-19;;;/h4-6,8-10,14-15H,7,11-13H2,1-3H3;2*1H;/q;;;+2/p-2. The quantitative estimate of drug-likeness (QED) is 0.404. The van der Waals surface area contributed by atoms with Gasteiger partial charge in [0, 0.05) is 0 Å². The van der Waals surface area contributed by atoms with Gasteiger partial charge < -0.3 is 24.8 Å². The van der Waals surface area contributed by atoms with Gasteiger partial charge in [0.05, 0.1) is 0 Å². The number of benzene rings is 1. The van der Waals surface area contributed by atoms with Gasteiger partial charge >= 0.3 is 157 Å². The van der Waals surface area contributed by atoms with Crippen molar-refractivity contribution in [3.63, 3.8) is 0 Å². The Morgan fingerprint density at radius 1 is 1.16 bits per heavy atom. The summed E-state index contributed by atoms with van der Waals surface area (Å²) in [5.74, 6) is 0. The number of rotatable bonds is 6. The van der Waals surface area contributed by atoms with Crippen molar-refractivity contribution in [2.75, 3.05) is 6.61 Å². The van der Waals surface area contributed by atoms with Crippen LogP contribution in [0.25, 0.3) is 6.08 Å². The van der Waals surface area contributed by atoms with E-state index in [9.17, 15) is 0 Å². The normalized spacial score (nSPS) is 18.6. The second-order valence-electron chi connectivity index (χ2n) is 7.34. The van der Waals surface area contributed by atoms with Crippen molar-refractivity contribution in [1.82, 2.24) is 0 Å². The van der Waals surface area contributed by atoms with E-state index in [1.54, 1.807) is 35.9 Å². The molecule has 1 nitrogen and oxygen atoms in total. The molecule has 0 bridgehead atoms. The zero-order valence-corrected chi connectivity index (χ0v) is 20.1. The van der Waals surface area contributed by atoms with Crippen LogP contribution in [0.2, 0.25) is 19.6 Å². The third kappa shape index (κ3) is 5.78. The molecule has 5 heteroatoms. The van der Waals surface area contributed by atoms with E-state index in [-0.39, 0.29) is 24.8 Å². The molecule has 0 heterocycles. The molecule has 2 aliphatic carbocycles. The van der Waals surface area contributed by atoms with Crippen LogP contribution in [0.5, 0.6) is 0 Å².